The number of nitrogens with zero attached hydrogens (tertiary/aromatic N) is 1. The first-order valence-corrected chi connectivity index (χ1v) is 6.52. The highest BCUT2D eigenvalue weighted by molar-refractivity contribution is 9.10. The van der Waals surface area contributed by atoms with Crippen LogP contribution >= 0.6 is 15.9 Å². The van der Waals surface area contributed by atoms with Crippen LogP contribution in [0.4, 0.5) is 5.69 Å². The van der Waals surface area contributed by atoms with Crippen LogP contribution < -0.4 is 4.74 Å². The Hall–Kier alpha value is -2.54. The van der Waals surface area contributed by atoms with Crippen molar-refractivity contribution in [1.82, 2.24) is 0 Å². The van der Waals surface area contributed by atoms with Crippen LogP contribution in [0.2, 0.25) is 0 Å². The summed E-state index contributed by atoms with van der Waals surface area (Å²) >= 11 is 3.18. The van der Waals surface area contributed by atoms with Crippen molar-refractivity contribution in [2.45, 2.75) is 0 Å². The third-order valence-electron chi connectivity index (χ3n) is 2.59. The highest BCUT2D eigenvalue weighted by atomic mass is 79.9. The fraction of sp³-hybridized carbons (Fsp3) is 0. The molecule has 7 heteroatoms. The van der Waals surface area contributed by atoms with Gasteiger partial charge in [-0.1, -0.05) is 6.07 Å². The summed E-state index contributed by atoms with van der Waals surface area (Å²) in [7, 11) is 0. The van der Waals surface area contributed by atoms with Gasteiger partial charge in [0.2, 0.25) is 0 Å². The molecule has 0 atom stereocenters. The highest BCUT2D eigenvalue weighted by Gasteiger charge is 2.14. The molecule has 2 aromatic rings. The molecule has 21 heavy (non-hydrogen) atoms. The van der Waals surface area contributed by atoms with Gasteiger partial charge in [-0.05, 0) is 40.2 Å². The SMILES string of the molecule is O=Cc1ccc(OC(=O)c2cccc([N+](=O)[O-])c2)c(Br)c1. The number of nitro groups is 1. The minimum absolute atomic E-state index is 0.0653. The van der Waals surface area contributed by atoms with E-state index in [1.165, 1.54) is 36.4 Å². The number of hydrogen-bond donors (Lipinski definition) is 0. The first kappa shape index (κ1) is 14.9. The molecule has 2 aromatic carbocycles. The van der Waals surface area contributed by atoms with Gasteiger partial charge in [-0.25, -0.2) is 4.79 Å². The van der Waals surface area contributed by atoms with E-state index in [4.69, 9.17) is 4.74 Å². The summed E-state index contributed by atoms with van der Waals surface area (Å²) < 4.78 is 5.58. The van der Waals surface area contributed by atoms with Gasteiger partial charge in [0.05, 0.1) is 15.0 Å². The zero-order chi connectivity index (χ0) is 15.4. The predicted octanol–water partition coefficient (Wildman–Crippen LogP) is 3.39. The van der Waals surface area contributed by atoms with Crippen molar-refractivity contribution in [3.8, 4) is 5.75 Å². The molecule has 0 spiro atoms. The van der Waals surface area contributed by atoms with E-state index in [2.05, 4.69) is 15.9 Å². The van der Waals surface area contributed by atoms with Crippen LogP contribution in [0.5, 0.6) is 5.75 Å². The number of non-ortho nitro benzene ring substituents is 1. The summed E-state index contributed by atoms with van der Waals surface area (Å²) in [5, 5.41) is 10.7. The van der Waals surface area contributed by atoms with Crippen LogP contribution in [0, 0.1) is 10.1 Å². The number of rotatable bonds is 4. The second kappa shape index (κ2) is 6.27. The Morgan fingerprint density at radius 1 is 1.24 bits per heavy atom. The van der Waals surface area contributed by atoms with E-state index in [1.807, 2.05) is 0 Å². The molecule has 0 heterocycles. The van der Waals surface area contributed by atoms with E-state index >= 15 is 0 Å². The molecule has 2 rings (SSSR count). The van der Waals surface area contributed by atoms with Crippen molar-refractivity contribution in [3.05, 3.63) is 68.2 Å². The van der Waals surface area contributed by atoms with Crippen molar-refractivity contribution in [1.29, 1.82) is 0 Å². The van der Waals surface area contributed by atoms with Gasteiger partial charge >= 0.3 is 5.97 Å². The average Bonchev–Trinajstić information content (AvgIpc) is 2.49. The lowest BCUT2D eigenvalue weighted by atomic mass is 10.2. The fourth-order valence-corrected chi connectivity index (χ4v) is 2.06. The summed E-state index contributed by atoms with van der Waals surface area (Å²) in [6.45, 7) is 0. The Morgan fingerprint density at radius 2 is 2.00 bits per heavy atom. The Kier molecular flexibility index (Phi) is 4.44. The Bertz CT molecular complexity index is 729. The Morgan fingerprint density at radius 3 is 2.62 bits per heavy atom. The van der Waals surface area contributed by atoms with Gasteiger partial charge < -0.3 is 4.74 Å². The molecule has 0 radical (unpaired) electrons. The summed E-state index contributed by atoms with van der Waals surface area (Å²) in [6.07, 6.45) is 0.664. The average molecular weight is 350 g/mol. The molecule has 0 aliphatic carbocycles. The number of benzene rings is 2. The van der Waals surface area contributed by atoms with Crippen LogP contribution in [-0.2, 0) is 0 Å². The first-order valence-electron chi connectivity index (χ1n) is 5.72. The van der Waals surface area contributed by atoms with Crippen molar-refractivity contribution in [3.63, 3.8) is 0 Å². The number of hydrogen-bond acceptors (Lipinski definition) is 5. The van der Waals surface area contributed by atoms with Gasteiger partial charge in [0.1, 0.15) is 12.0 Å². The number of esters is 1. The maximum atomic E-state index is 12.0. The molecule has 0 aliphatic rings. The second-order valence-corrected chi connectivity index (χ2v) is 4.86. The van der Waals surface area contributed by atoms with Gasteiger partial charge in [0.25, 0.3) is 5.69 Å². The zero-order valence-corrected chi connectivity index (χ0v) is 12.1. The van der Waals surface area contributed by atoms with E-state index < -0.39 is 10.9 Å². The van der Waals surface area contributed by atoms with Gasteiger partial charge in [-0.2, -0.15) is 0 Å². The van der Waals surface area contributed by atoms with E-state index in [-0.39, 0.29) is 17.0 Å². The molecule has 6 nitrogen and oxygen atoms in total. The smallest absolute Gasteiger partial charge is 0.343 e. The van der Waals surface area contributed by atoms with Crippen LogP contribution in [0.25, 0.3) is 0 Å². The van der Waals surface area contributed by atoms with Crippen molar-refractivity contribution < 1.29 is 19.2 Å². The number of halogens is 1. The number of carbonyl (C=O) groups is 2. The second-order valence-electron chi connectivity index (χ2n) is 4.00. The normalized spacial score (nSPS) is 9.95. The number of ether oxygens (including phenoxy) is 1. The quantitative estimate of drug-likeness (QED) is 0.277. The Balaban J connectivity index is 2.23. The lowest BCUT2D eigenvalue weighted by molar-refractivity contribution is -0.384. The largest absolute Gasteiger partial charge is 0.422 e. The minimum atomic E-state index is -0.724. The minimum Gasteiger partial charge on any atom is -0.422 e. The van der Waals surface area contributed by atoms with Crippen LogP contribution in [0.15, 0.2) is 46.9 Å². The summed E-state index contributed by atoms with van der Waals surface area (Å²) in [6, 6.07) is 9.70. The number of aldehydes is 1. The van der Waals surface area contributed by atoms with Gasteiger partial charge in [-0.3, -0.25) is 14.9 Å². The lowest BCUT2D eigenvalue weighted by Gasteiger charge is -2.06. The summed E-state index contributed by atoms with van der Waals surface area (Å²) in [5.41, 5.74) is 0.299. The van der Waals surface area contributed by atoms with Crippen LogP contribution in [0.3, 0.4) is 0 Å². The highest BCUT2D eigenvalue weighted by Crippen LogP contribution is 2.26. The third-order valence-corrected chi connectivity index (χ3v) is 3.21. The van der Waals surface area contributed by atoms with E-state index in [9.17, 15) is 19.7 Å². The van der Waals surface area contributed by atoms with Crippen molar-refractivity contribution in [2.24, 2.45) is 0 Å². The molecule has 0 fully saturated rings. The van der Waals surface area contributed by atoms with Crippen molar-refractivity contribution >= 4 is 33.9 Å². The molecule has 0 unspecified atom stereocenters. The van der Waals surface area contributed by atoms with E-state index in [1.54, 1.807) is 0 Å². The first-order chi connectivity index (χ1) is 10.0. The van der Waals surface area contributed by atoms with Gasteiger partial charge in [0, 0.05) is 17.7 Å². The summed E-state index contributed by atoms with van der Waals surface area (Å²) in [5.74, 6) is -0.504. The molecule has 0 aliphatic heterocycles. The molecule has 106 valence electrons. The topological polar surface area (TPSA) is 86.5 Å². The van der Waals surface area contributed by atoms with Crippen molar-refractivity contribution in [2.75, 3.05) is 0 Å². The number of carbonyl (C=O) groups excluding carboxylic acids is 2. The van der Waals surface area contributed by atoms with Crippen LogP contribution in [-0.4, -0.2) is 17.2 Å². The monoisotopic (exact) mass is 349 g/mol. The predicted molar refractivity (Wildman–Crippen MR) is 77.6 cm³/mol. The standard InChI is InChI=1S/C14H8BrNO5/c15-12-6-9(8-17)4-5-13(12)21-14(18)10-2-1-3-11(7-10)16(19)20/h1-8H. The molecule has 0 bridgehead atoms. The summed E-state index contributed by atoms with van der Waals surface area (Å²) in [4.78, 5) is 32.7. The molecule has 0 saturated heterocycles. The maximum Gasteiger partial charge on any atom is 0.343 e. The maximum absolute atomic E-state index is 12.0. The molecule has 0 saturated carbocycles. The fourth-order valence-electron chi connectivity index (χ4n) is 1.58. The van der Waals surface area contributed by atoms with Crippen LogP contribution in [0.1, 0.15) is 20.7 Å². The van der Waals surface area contributed by atoms with Gasteiger partial charge in [0.15, 0.2) is 0 Å². The molecular weight excluding hydrogens is 342 g/mol. The molecule has 0 aromatic heterocycles. The number of nitro benzene ring substituents is 1. The van der Waals surface area contributed by atoms with E-state index in [0.29, 0.717) is 16.3 Å². The third kappa shape index (κ3) is 3.51. The van der Waals surface area contributed by atoms with E-state index in [0.717, 1.165) is 6.07 Å². The Labute approximate surface area is 127 Å². The lowest BCUT2D eigenvalue weighted by Crippen LogP contribution is -2.09. The molecular formula is C14H8BrNO5. The van der Waals surface area contributed by atoms with Gasteiger partial charge in [-0.15, -0.1) is 0 Å². The zero-order valence-electron chi connectivity index (χ0n) is 10.5. The molecule has 0 N–H and O–H groups in total. The molecule has 0 amide bonds.